The van der Waals surface area contributed by atoms with Gasteiger partial charge in [-0.15, -0.1) is 4.36 Å². The number of halogens is 2. The SMILES string of the molecule is Cc1c(-c2ccc(C#N)cc2)cnc(N2CCCC(F)(F)CC2)c1C(=O)Nc1cccc(S(C)(=O)=NC(=O)OC(C)(C)C)c1. The van der Waals surface area contributed by atoms with Gasteiger partial charge in [0.25, 0.3) is 5.91 Å². The normalized spacial score (nSPS) is 16.2. The van der Waals surface area contributed by atoms with E-state index in [1.807, 2.05) is 0 Å². The van der Waals surface area contributed by atoms with Gasteiger partial charge in [0.15, 0.2) is 0 Å². The Balaban J connectivity index is 1.73. The van der Waals surface area contributed by atoms with Gasteiger partial charge in [-0.1, -0.05) is 18.2 Å². The van der Waals surface area contributed by atoms with Crippen molar-refractivity contribution in [2.45, 2.75) is 63.4 Å². The first kappa shape index (κ1) is 32.5. The molecule has 0 saturated carbocycles. The van der Waals surface area contributed by atoms with Crippen molar-refractivity contribution in [1.82, 2.24) is 4.98 Å². The van der Waals surface area contributed by atoms with Crippen molar-refractivity contribution >= 4 is 33.2 Å². The quantitative estimate of drug-likeness (QED) is 0.319. The maximum atomic E-state index is 14.2. The highest BCUT2D eigenvalue weighted by Gasteiger charge is 2.33. The lowest BCUT2D eigenvalue weighted by atomic mass is 9.97. The number of hydrogen-bond acceptors (Lipinski definition) is 7. The number of anilines is 2. The van der Waals surface area contributed by atoms with E-state index in [1.54, 1.807) is 75.2 Å². The van der Waals surface area contributed by atoms with Crippen LogP contribution < -0.4 is 10.2 Å². The number of hydrogen-bond donors (Lipinski definition) is 1. The number of carbonyl (C=O) groups excluding carboxylic acids is 2. The van der Waals surface area contributed by atoms with Crippen LogP contribution in [0.5, 0.6) is 0 Å². The third-order valence-electron chi connectivity index (χ3n) is 7.06. The molecule has 44 heavy (non-hydrogen) atoms. The van der Waals surface area contributed by atoms with Gasteiger partial charge < -0.3 is 15.0 Å². The van der Waals surface area contributed by atoms with Gasteiger partial charge in [0, 0.05) is 54.5 Å². The number of benzene rings is 2. The number of aromatic nitrogens is 1. The second-order valence-electron chi connectivity index (χ2n) is 11.7. The first-order chi connectivity index (χ1) is 20.6. The molecule has 0 spiro atoms. The summed E-state index contributed by atoms with van der Waals surface area (Å²) in [5, 5.41) is 12.0. The molecule has 2 heterocycles. The molecule has 0 radical (unpaired) electrons. The number of nitriles is 1. The van der Waals surface area contributed by atoms with E-state index in [-0.39, 0.29) is 47.8 Å². The van der Waals surface area contributed by atoms with Crippen molar-refractivity contribution in [3.63, 3.8) is 0 Å². The van der Waals surface area contributed by atoms with Crippen molar-refractivity contribution in [2.75, 3.05) is 29.6 Å². The van der Waals surface area contributed by atoms with Gasteiger partial charge in [0.1, 0.15) is 11.4 Å². The zero-order valence-electron chi connectivity index (χ0n) is 25.3. The van der Waals surface area contributed by atoms with Gasteiger partial charge in [-0.3, -0.25) is 4.79 Å². The van der Waals surface area contributed by atoms with Crippen molar-refractivity contribution in [2.24, 2.45) is 4.36 Å². The second-order valence-corrected chi connectivity index (χ2v) is 14.0. The van der Waals surface area contributed by atoms with Crippen LogP contribution in [0, 0.1) is 18.3 Å². The monoisotopic (exact) mass is 623 g/mol. The van der Waals surface area contributed by atoms with E-state index in [0.29, 0.717) is 23.2 Å². The number of ether oxygens (including phenoxy) is 1. The zero-order valence-corrected chi connectivity index (χ0v) is 26.1. The van der Waals surface area contributed by atoms with Crippen LogP contribution in [0.2, 0.25) is 0 Å². The Kier molecular flexibility index (Phi) is 9.39. The number of alkyl halides is 2. The molecule has 0 bridgehead atoms. The molecule has 1 unspecified atom stereocenters. The van der Waals surface area contributed by atoms with E-state index in [2.05, 4.69) is 20.7 Å². The predicted octanol–water partition coefficient (Wildman–Crippen LogP) is 7.20. The predicted molar refractivity (Wildman–Crippen MR) is 166 cm³/mol. The van der Waals surface area contributed by atoms with Gasteiger partial charge in [-0.05, 0) is 75.6 Å². The van der Waals surface area contributed by atoms with Gasteiger partial charge in [-0.2, -0.15) is 5.26 Å². The largest absolute Gasteiger partial charge is 0.442 e. The average molecular weight is 624 g/mol. The maximum absolute atomic E-state index is 14.2. The Morgan fingerprint density at radius 2 is 1.84 bits per heavy atom. The highest BCUT2D eigenvalue weighted by molar-refractivity contribution is 7.93. The summed E-state index contributed by atoms with van der Waals surface area (Å²) in [4.78, 5) is 32.7. The number of carbonyl (C=O) groups is 2. The molecule has 0 aliphatic carbocycles. The molecule has 1 aliphatic heterocycles. The molecule has 1 aliphatic rings. The number of nitrogens with one attached hydrogen (secondary N) is 1. The fourth-order valence-electron chi connectivity index (χ4n) is 4.87. The summed E-state index contributed by atoms with van der Waals surface area (Å²) in [6.45, 7) is 7.11. The third kappa shape index (κ3) is 7.96. The Hall–Kier alpha value is -4.37. The topological polar surface area (TPSA) is 125 Å². The Labute approximate surface area is 256 Å². The van der Waals surface area contributed by atoms with Crippen molar-refractivity contribution in [1.29, 1.82) is 5.26 Å². The maximum Gasteiger partial charge on any atom is 0.442 e. The highest BCUT2D eigenvalue weighted by atomic mass is 32.2. The smallest absolute Gasteiger partial charge is 0.442 e. The lowest BCUT2D eigenvalue weighted by Gasteiger charge is -2.26. The fourth-order valence-corrected chi connectivity index (χ4v) is 5.97. The molecule has 9 nitrogen and oxygen atoms in total. The number of pyridine rings is 1. The molecule has 3 aromatic rings. The van der Waals surface area contributed by atoms with Gasteiger partial charge >= 0.3 is 6.09 Å². The van der Waals surface area contributed by atoms with Crippen LogP contribution in [0.1, 0.15) is 61.5 Å². The van der Waals surface area contributed by atoms with Crippen molar-refractivity contribution in [3.05, 3.63) is 71.4 Å². The minimum absolute atomic E-state index is 0.0233. The number of nitrogens with zero attached hydrogens (tertiary/aromatic N) is 4. The van der Waals surface area contributed by atoms with Gasteiger partial charge in [-0.25, -0.2) is 22.8 Å². The van der Waals surface area contributed by atoms with Crippen LogP contribution in [-0.2, 0) is 14.5 Å². The third-order valence-corrected chi connectivity index (χ3v) is 8.69. The van der Waals surface area contributed by atoms with E-state index in [1.165, 1.54) is 18.4 Å². The molecule has 1 atom stereocenters. The Morgan fingerprint density at radius 3 is 2.50 bits per heavy atom. The molecule has 1 aromatic heterocycles. The lowest BCUT2D eigenvalue weighted by Crippen LogP contribution is -2.30. The van der Waals surface area contributed by atoms with Crippen LogP contribution in [0.15, 0.2) is 64.0 Å². The van der Waals surface area contributed by atoms with Crippen LogP contribution >= 0.6 is 0 Å². The van der Waals surface area contributed by atoms with Gasteiger partial charge in [0.05, 0.1) is 26.9 Å². The molecule has 2 aromatic carbocycles. The van der Waals surface area contributed by atoms with E-state index < -0.39 is 33.3 Å². The molecule has 1 fully saturated rings. The lowest BCUT2D eigenvalue weighted by molar-refractivity contribution is -0.0102. The van der Waals surface area contributed by atoms with E-state index >= 15 is 0 Å². The van der Waals surface area contributed by atoms with E-state index in [4.69, 9.17) is 4.74 Å². The molecule has 1 N–H and O–H groups in total. The van der Waals surface area contributed by atoms with E-state index in [0.717, 1.165) is 5.56 Å². The minimum Gasteiger partial charge on any atom is -0.442 e. The summed E-state index contributed by atoms with van der Waals surface area (Å²) in [6, 6.07) is 15.1. The van der Waals surface area contributed by atoms with Crippen LogP contribution in [0.3, 0.4) is 0 Å². The first-order valence-corrected chi connectivity index (χ1v) is 16.0. The van der Waals surface area contributed by atoms with E-state index in [9.17, 15) is 27.8 Å². The second kappa shape index (κ2) is 12.7. The summed E-state index contributed by atoms with van der Waals surface area (Å²) < 4.78 is 50.7. The van der Waals surface area contributed by atoms with Crippen molar-refractivity contribution < 1.29 is 27.3 Å². The van der Waals surface area contributed by atoms with Crippen molar-refractivity contribution in [3.8, 4) is 17.2 Å². The number of rotatable bonds is 5. The molecular weight excluding hydrogens is 588 g/mol. The van der Waals surface area contributed by atoms with Crippen LogP contribution in [0.4, 0.5) is 25.1 Å². The summed E-state index contributed by atoms with van der Waals surface area (Å²) in [7, 11) is -3.22. The molecule has 1 saturated heterocycles. The molecule has 232 valence electrons. The standard InChI is InChI=1S/C32H35F2N5O4S/c1-21-26(23-12-10-22(19-35)11-13-23)20-36-28(39-16-7-14-32(33,34)15-17-39)27(21)29(40)37-24-8-6-9-25(18-24)44(5,42)38-30(41)43-31(2,3)4/h6,8-13,18,20H,7,14-17H2,1-5H3,(H,37,40). The highest BCUT2D eigenvalue weighted by Crippen LogP contribution is 2.35. The minimum atomic E-state index is -3.22. The fraction of sp³-hybridized carbons (Fsp3) is 0.375. The van der Waals surface area contributed by atoms with Crippen LogP contribution in [-0.4, -0.2) is 52.1 Å². The summed E-state index contributed by atoms with van der Waals surface area (Å²) in [6.07, 6.45) is 1.58. The first-order valence-electron chi connectivity index (χ1n) is 14.1. The summed E-state index contributed by atoms with van der Waals surface area (Å²) in [5.74, 6) is -3.06. The molecular formula is C32H35F2N5O4S. The Morgan fingerprint density at radius 1 is 1.14 bits per heavy atom. The van der Waals surface area contributed by atoms with Gasteiger partial charge in [0.2, 0.25) is 5.92 Å². The molecule has 12 heteroatoms. The summed E-state index contributed by atoms with van der Waals surface area (Å²) >= 11 is 0. The Bertz CT molecular complexity index is 1740. The number of amides is 2. The molecule has 4 rings (SSSR count). The van der Waals surface area contributed by atoms with Crippen LogP contribution in [0.25, 0.3) is 11.1 Å². The zero-order chi connectivity index (χ0) is 32.3. The summed E-state index contributed by atoms with van der Waals surface area (Å²) in [5.41, 5.74) is 2.11. The average Bonchev–Trinajstić information content (AvgIpc) is 3.11. The molecule has 2 amide bonds.